The van der Waals surface area contributed by atoms with Gasteiger partial charge in [-0.2, -0.15) is 0 Å². The molecule has 0 spiro atoms. The molecule has 1 atom stereocenters. The standard InChI is InChI=1S/C11H18N6O3/c1-13-10(18)9-7-20-5-4-17(9)11(19)8-6-16(3-2-12)15-14-8/h6,9H,2-5,7,12H2,1H3,(H,13,18). The fourth-order valence-corrected chi connectivity index (χ4v) is 2.02. The van der Waals surface area contributed by atoms with Gasteiger partial charge in [-0.1, -0.05) is 5.21 Å². The molecular weight excluding hydrogens is 264 g/mol. The molecule has 0 aliphatic carbocycles. The minimum Gasteiger partial charge on any atom is -0.377 e. The van der Waals surface area contributed by atoms with Gasteiger partial charge < -0.3 is 20.7 Å². The molecule has 9 heteroatoms. The maximum Gasteiger partial charge on any atom is 0.276 e. The second-order valence-electron chi connectivity index (χ2n) is 4.36. The van der Waals surface area contributed by atoms with Gasteiger partial charge in [0.2, 0.25) is 5.91 Å². The number of morpholine rings is 1. The number of hydrogen-bond donors (Lipinski definition) is 2. The molecule has 2 rings (SSSR count). The predicted molar refractivity (Wildman–Crippen MR) is 68.8 cm³/mol. The van der Waals surface area contributed by atoms with Crippen LogP contribution in [0.25, 0.3) is 0 Å². The lowest BCUT2D eigenvalue weighted by molar-refractivity contribution is -0.130. The van der Waals surface area contributed by atoms with Crippen LogP contribution in [0.1, 0.15) is 10.5 Å². The van der Waals surface area contributed by atoms with Crippen LogP contribution in [0.5, 0.6) is 0 Å². The molecule has 2 heterocycles. The van der Waals surface area contributed by atoms with Gasteiger partial charge in [-0.05, 0) is 0 Å². The number of ether oxygens (including phenoxy) is 1. The second kappa shape index (κ2) is 6.44. The van der Waals surface area contributed by atoms with Crippen LogP contribution in [0.3, 0.4) is 0 Å². The molecule has 110 valence electrons. The summed E-state index contributed by atoms with van der Waals surface area (Å²) in [5, 5.41) is 10.2. The molecule has 1 fully saturated rings. The Hall–Kier alpha value is -2.00. The van der Waals surface area contributed by atoms with E-state index >= 15 is 0 Å². The zero-order valence-corrected chi connectivity index (χ0v) is 11.3. The Labute approximate surface area is 116 Å². The van der Waals surface area contributed by atoms with Gasteiger partial charge >= 0.3 is 0 Å². The van der Waals surface area contributed by atoms with Gasteiger partial charge in [0.25, 0.3) is 5.91 Å². The van der Waals surface area contributed by atoms with Crippen molar-refractivity contribution in [2.24, 2.45) is 5.73 Å². The smallest absolute Gasteiger partial charge is 0.276 e. The summed E-state index contributed by atoms with van der Waals surface area (Å²) in [5.41, 5.74) is 5.62. The van der Waals surface area contributed by atoms with Crippen LogP contribution in [-0.2, 0) is 16.1 Å². The van der Waals surface area contributed by atoms with Gasteiger partial charge in [-0.15, -0.1) is 5.10 Å². The van der Waals surface area contributed by atoms with Crippen LogP contribution < -0.4 is 11.1 Å². The lowest BCUT2D eigenvalue weighted by atomic mass is 10.2. The number of carbonyl (C=O) groups excluding carboxylic acids is 2. The third kappa shape index (κ3) is 2.94. The third-order valence-electron chi connectivity index (χ3n) is 3.05. The average Bonchev–Trinajstić information content (AvgIpc) is 2.94. The van der Waals surface area contributed by atoms with E-state index in [4.69, 9.17) is 10.5 Å². The van der Waals surface area contributed by atoms with Crippen molar-refractivity contribution in [3.05, 3.63) is 11.9 Å². The van der Waals surface area contributed by atoms with E-state index in [0.29, 0.717) is 26.2 Å². The van der Waals surface area contributed by atoms with Crippen LogP contribution in [0, 0.1) is 0 Å². The number of amides is 2. The third-order valence-corrected chi connectivity index (χ3v) is 3.05. The predicted octanol–water partition coefficient (Wildman–Crippen LogP) is -2.18. The van der Waals surface area contributed by atoms with Gasteiger partial charge in [0.1, 0.15) is 6.04 Å². The highest BCUT2D eigenvalue weighted by Crippen LogP contribution is 2.11. The fraction of sp³-hybridized carbons (Fsp3) is 0.636. The first-order valence-corrected chi connectivity index (χ1v) is 6.38. The second-order valence-corrected chi connectivity index (χ2v) is 4.36. The number of carbonyl (C=O) groups is 2. The number of nitrogens with zero attached hydrogens (tertiary/aromatic N) is 4. The Morgan fingerprint density at radius 1 is 1.60 bits per heavy atom. The Balaban J connectivity index is 2.14. The monoisotopic (exact) mass is 282 g/mol. The van der Waals surface area contributed by atoms with Crippen LogP contribution >= 0.6 is 0 Å². The van der Waals surface area contributed by atoms with Crippen molar-refractivity contribution < 1.29 is 14.3 Å². The van der Waals surface area contributed by atoms with E-state index < -0.39 is 6.04 Å². The van der Waals surface area contributed by atoms with Crippen LogP contribution in [0.4, 0.5) is 0 Å². The van der Waals surface area contributed by atoms with E-state index in [2.05, 4.69) is 15.6 Å². The zero-order chi connectivity index (χ0) is 14.5. The minimum atomic E-state index is -0.638. The van der Waals surface area contributed by atoms with Crippen molar-refractivity contribution in [1.82, 2.24) is 25.2 Å². The molecule has 0 saturated carbocycles. The first-order chi connectivity index (χ1) is 9.67. The van der Waals surface area contributed by atoms with Crippen molar-refractivity contribution in [1.29, 1.82) is 0 Å². The van der Waals surface area contributed by atoms with E-state index in [1.807, 2.05) is 0 Å². The van der Waals surface area contributed by atoms with Gasteiger partial charge in [-0.25, -0.2) is 0 Å². The van der Waals surface area contributed by atoms with Crippen molar-refractivity contribution in [3.8, 4) is 0 Å². The lowest BCUT2D eigenvalue weighted by Gasteiger charge is -2.33. The maximum atomic E-state index is 12.4. The van der Waals surface area contributed by atoms with Crippen LogP contribution in [0.2, 0.25) is 0 Å². The summed E-state index contributed by atoms with van der Waals surface area (Å²) in [6, 6.07) is -0.638. The highest BCUT2D eigenvalue weighted by molar-refractivity contribution is 5.96. The van der Waals surface area contributed by atoms with E-state index in [1.165, 1.54) is 22.8 Å². The molecule has 1 aliphatic rings. The Morgan fingerprint density at radius 2 is 2.40 bits per heavy atom. The number of aromatic nitrogens is 3. The quantitative estimate of drug-likeness (QED) is 0.649. The molecule has 0 radical (unpaired) electrons. The number of nitrogens with two attached hydrogens (primary N) is 1. The highest BCUT2D eigenvalue weighted by Gasteiger charge is 2.33. The number of nitrogens with one attached hydrogen (secondary N) is 1. The first-order valence-electron chi connectivity index (χ1n) is 6.38. The Kier molecular flexibility index (Phi) is 4.64. The van der Waals surface area contributed by atoms with E-state index in [1.54, 1.807) is 0 Å². The molecule has 1 unspecified atom stereocenters. The Bertz CT molecular complexity index is 488. The van der Waals surface area contributed by atoms with Gasteiger partial charge in [0, 0.05) is 20.1 Å². The SMILES string of the molecule is CNC(=O)C1COCCN1C(=O)c1cn(CCN)nn1. The molecule has 1 saturated heterocycles. The van der Waals surface area contributed by atoms with Crippen LogP contribution in [-0.4, -0.2) is 71.1 Å². The van der Waals surface area contributed by atoms with Crippen LogP contribution in [0.15, 0.2) is 6.20 Å². The average molecular weight is 282 g/mol. The van der Waals surface area contributed by atoms with Crippen molar-refractivity contribution in [3.63, 3.8) is 0 Å². The molecule has 1 aromatic heterocycles. The molecule has 3 N–H and O–H groups in total. The maximum absolute atomic E-state index is 12.4. The van der Waals surface area contributed by atoms with E-state index in [9.17, 15) is 9.59 Å². The summed E-state index contributed by atoms with van der Waals surface area (Å²) in [5.74, 6) is -0.586. The zero-order valence-electron chi connectivity index (χ0n) is 11.3. The van der Waals surface area contributed by atoms with E-state index in [0.717, 1.165) is 0 Å². The van der Waals surface area contributed by atoms with Gasteiger partial charge in [0.05, 0.1) is 26.0 Å². The summed E-state index contributed by atoms with van der Waals surface area (Å²) in [7, 11) is 1.52. The normalized spacial score (nSPS) is 18.9. The van der Waals surface area contributed by atoms with Crippen molar-refractivity contribution in [2.75, 3.05) is 33.4 Å². The summed E-state index contributed by atoms with van der Waals surface area (Å²) in [6.07, 6.45) is 1.53. The molecule has 20 heavy (non-hydrogen) atoms. The Morgan fingerprint density at radius 3 is 3.10 bits per heavy atom. The molecular formula is C11H18N6O3. The topological polar surface area (TPSA) is 115 Å². The highest BCUT2D eigenvalue weighted by atomic mass is 16.5. The number of hydrogen-bond acceptors (Lipinski definition) is 6. The molecule has 0 aromatic carbocycles. The number of rotatable bonds is 4. The van der Waals surface area contributed by atoms with Gasteiger partial charge in [0.15, 0.2) is 5.69 Å². The fourth-order valence-electron chi connectivity index (χ4n) is 2.02. The summed E-state index contributed by atoms with van der Waals surface area (Å²) in [4.78, 5) is 25.6. The van der Waals surface area contributed by atoms with E-state index in [-0.39, 0.29) is 24.1 Å². The first kappa shape index (κ1) is 14.4. The molecule has 1 aliphatic heterocycles. The molecule has 9 nitrogen and oxygen atoms in total. The minimum absolute atomic E-state index is 0.183. The largest absolute Gasteiger partial charge is 0.377 e. The summed E-state index contributed by atoms with van der Waals surface area (Å²) >= 11 is 0. The van der Waals surface area contributed by atoms with Crippen molar-refractivity contribution >= 4 is 11.8 Å². The van der Waals surface area contributed by atoms with Gasteiger partial charge in [-0.3, -0.25) is 14.3 Å². The summed E-state index contributed by atoms with van der Waals surface area (Å²) < 4.78 is 6.76. The summed E-state index contributed by atoms with van der Waals surface area (Å²) in [6.45, 7) is 1.83. The van der Waals surface area contributed by atoms with Crippen molar-refractivity contribution in [2.45, 2.75) is 12.6 Å². The number of likely N-dealkylation sites (N-methyl/N-ethyl adjacent to an activating group) is 1. The molecule has 1 aromatic rings. The lowest BCUT2D eigenvalue weighted by Crippen LogP contribution is -2.55. The molecule has 0 bridgehead atoms. The molecule has 2 amide bonds.